The predicted molar refractivity (Wildman–Crippen MR) is 168 cm³/mol. The molecule has 2 aromatic carbocycles. The number of hydrogen-bond acceptors (Lipinski definition) is 4. The van der Waals surface area contributed by atoms with Crippen LogP contribution in [0.4, 0.5) is 5.69 Å². The van der Waals surface area contributed by atoms with E-state index in [1.807, 2.05) is 32.0 Å². The van der Waals surface area contributed by atoms with Gasteiger partial charge in [0.2, 0.25) is 21.8 Å². The summed E-state index contributed by atoms with van der Waals surface area (Å²) in [6, 6.07) is 14.2. The van der Waals surface area contributed by atoms with Crippen molar-refractivity contribution in [2.24, 2.45) is 23.7 Å². The van der Waals surface area contributed by atoms with Gasteiger partial charge in [0.05, 0.1) is 11.9 Å². The lowest BCUT2D eigenvalue weighted by Crippen LogP contribution is -2.51. The van der Waals surface area contributed by atoms with Crippen LogP contribution in [0, 0.1) is 23.7 Å². The average molecular weight is 614 g/mol. The minimum absolute atomic E-state index is 0.123. The van der Waals surface area contributed by atoms with Crippen LogP contribution in [-0.4, -0.2) is 50.5 Å². The molecule has 1 N–H and O–H groups in total. The van der Waals surface area contributed by atoms with Crippen molar-refractivity contribution in [1.82, 2.24) is 10.2 Å². The van der Waals surface area contributed by atoms with Crippen molar-refractivity contribution in [3.63, 3.8) is 0 Å². The van der Waals surface area contributed by atoms with E-state index in [9.17, 15) is 18.0 Å². The first kappa shape index (κ1) is 30.9. The van der Waals surface area contributed by atoms with Crippen molar-refractivity contribution in [3.05, 3.63) is 64.7 Å². The number of benzene rings is 2. The van der Waals surface area contributed by atoms with E-state index >= 15 is 0 Å². The maximum absolute atomic E-state index is 13.9. The van der Waals surface area contributed by atoms with Gasteiger partial charge in [-0.3, -0.25) is 13.9 Å². The quantitative estimate of drug-likeness (QED) is 0.349. The third-order valence-electron chi connectivity index (χ3n) is 9.58. The molecule has 0 saturated heterocycles. The summed E-state index contributed by atoms with van der Waals surface area (Å²) in [5, 5.41) is 3.42. The molecule has 9 heteroatoms. The Hall–Kier alpha value is -2.58. The highest BCUT2D eigenvalue weighted by atomic mass is 35.5. The number of carbonyl (C=O) groups is 2. The number of carbonyl (C=O) groups excluding carboxylic acids is 2. The molecule has 4 fully saturated rings. The Morgan fingerprint density at radius 2 is 1.57 bits per heavy atom. The molecule has 1 atom stereocenters. The largest absolute Gasteiger partial charge is 0.354 e. The summed E-state index contributed by atoms with van der Waals surface area (Å²) < 4.78 is 27.2. The van der Waals surface area contributed by atoms with Crippen molar-refractivity contribution in [3.8, 4) is 0 Å². The normalized spacial score (nSPS) is 25.3. The molecule has 0 heterocycles. The topological polar surface area (TPSA) is 86.8 Å². The van der Waals surface area contributed by atoms with Crippen LogP contribution in [0.5, 0.6) is 0 Å². The Morgan fingerprint density at radius 1 is 0.976 bits per heavy atom. The minimum Gasteiger partial charge on any atom is -0.354 e. The SMILES string of the molecule is CC(C)CNC(=O)C(C)N(Cc1cccc(Cl)c1)C(=O)CN(c1ccc(C23CC4CC(CC(C4)C2)C3)cc1)S(C)(=O)=O. The number of nitrogens with zero attached hydrogens (tertiary/aromatic N) is 2. The Balaban J connectivity index is 1.38. The smallest absolute Gasteiger partial charge is 0.244 e. The maximum atomic E-state index is 13.9. The lowest BCUT2D eigenvalue weighted by Gasteiger charge is -2.57. The van der Waals surface area contributed by atoms with Crippen LogP contribution in [0.25, 0.3) is 0 Å². The van der Waals surface area contributed by atoms with Crippen molar-refractivity contribution < 1.29 is 18.0 Å². The first-order valence-corrected chi connectivity index (χ1v) is 17.5. The highest BCUT2D eigenvalue weighted by Gasteiger charge is 2.51. The Bertz CT molecular complexity index is 1370. The van der Waals surface area contributed by atoms with Crippen LogP contribution in [0.15, 0.2) is 48.5 Å². The van der Waals surface area contributed by atoms with Crippen molar-refractivity contribution in [2.45, 2.75) is 77.3 Å². The van der Waals surface area contributed by atoms with Crippen molar-refractivity contribution in [1.29, 1.82) is 0 Å². The van der Waals surface area contributed by atoms with Gasteiger partial charge in [0.15, 0.2) is 0 Å². The van der Waals surface area contributed by atoms with Crippen LogP contribution < -0.4 is 9.62 Å². The van der Waals surface area contributed by atoms with E-state index in [0.29, 0.717) is 17.3 Å². The molecule has 0 aromatic heterocycles. The van der Waals surface area contributed by atoms with Gasteiger partial charge in [-0.25, -0.2) is 8.42 Å². The van der Waals surface area contributed by atoms with E-state index in [-0.39, 0.29) is 23.8 Å². The molecule has 42 heavy (non-hydrogen) atoms. The predicted octanol–water partition coefficient (Wildman–Crippen LogP) is 5.76. The monoisotopic (exact) mass is 613 g/mol. The first-order chi connectivity index (χ1) is 19.8. The minimum atomic E-state index is -3.79. The molecule has 0 spiro atoms. The lowest BCUT2D eigenvalue weighted by atomic mass is 9.48. The molecule has 4 aliphatic rings. The molecular weight excluding hydrogens is 570 g/mol. The van der Waals surface area contributed by atoms with Crippen LogP contribution >= 0.6 is 11.6 Å². The second kappa shape index (κ2) is 12.2. The van der Waals surface area contributed by atoms with Gasteiger partial charge >= 0.3 is 0 Å². The van der Waals surface area contributed by atoms with Gasteiger partial charge in [0.1, 0.15) is 12.6 Å². The van der Waals surface area contributed by atoms with Gasteiger partial charge in [-0.2, -0.15) is 0 Å². The Morgan fingerprint density at radius 3 is 2.10 bits per heavy atom. The summed E-state index contributed by atoms with van der Waals surface area (Å²) in [4.78, 5) is 28.3. The maximum Gasteiger partial charge on any atom is 0.244 e. The zero-order chi connectivity index (χ0) is 30.2. The molecule has 228 valence electrons. The number of anilines is 1. The fourth-order valence-corrected chi connectivity index (χ4v) is 8.99. The number of amides is 2. The van der Waals surface area contributed by atoms with Gasteiger partial charge in [0.25, 0.3) is 0 Å². The standard InChI is InChI=1S/C33H44ClN3O4S/c1-22(2)19-35-32(39)23(3)36(20-24-6-5-7-29(34)15-24)31(38)21-37(42(4,40)41)30-10-8-28(9-11-30)33-16-25-12-26(17-33)14-27(13-25)18-33/h5-11,15,22-23,25-27H,12-14,16-21H2,1-4H3,(H,35,39). The summed E-state index contributed by atoms with van der Waals surface area (Å²) in [6.07, 6.45) is 8.88. The number of sulfonamides is 1. The van der Waals surface area contributed by atoms with Gasteiger partial charge in [-0.05, 0) is 110 Å². The van der Waals surface area contributed by atoms with Crippen LogP contribution in [-0.2, 0) is 31.6 Å². The third kappa shape index (κ3) is 6.80. The second-order valence-corrected chi connectivity index (χ2v) is 15.8. The number of hydrogen-bond donors (Lipinski definition) is 1. The van der Waals surface area contributed by atoms with Crippen molar-refractivity contribution >= 4 is 39.1 Å². The van der Waals surface area contributed by atoms with Gasteiger partial charge < -0.3 is 10.2 Å². The summed E-state index contributed by atoms with van der Waals surface area (Å²) in [7, 11) is -3.79. The van der Waals surface area contributed by atoms with Gasteiger partial charge in [0, 0.05) is 18.1 Å². The fourth-order valence-electron chi connectivity index (χ4n) is 7.93. The number of nitrogens with one attached hydrogen (secondary N) is 1. The fraction of sp³-hybridized carbons (Fsp3) is 0.576. The lowest BCUT2D eigenvalue weighted by molar-refractivity contribution is -0.139. The molecule has 0 radical (unpaired) electrons. The molecule has 4 saturated carbocycles. The van der Waals surface area contributed by atoms with E-state index in [1.165, 1.54) is 49.0 Å². The molecule has 4 bridgehead atoms. The Kier molecular flexibility index (Phi) is 8.96. The zero-order valence-corrected chi connectivity index (χ0v) is 26.8. The van der Waals surface area contributed by atoms with E-state index < -0.39 is 28.5 Å². The molecular formula is C33H44ClN3O4S. The van der Waals surface area contributed by atoms with Crippen LogP contribution in [0.2, 0.25) is 5.02 Å². The summed E-state index contributed by atoms with van der Waals surface area (Å²) in [5.74, 6) is 1.94. The van der Waals surface area contributed by atoms with Crippen molar-refractivity contribution in [2.75, 3.05) is 23.7 Å². The molecule has 2 amide bonds. The van der Waals surface area contributed by atoms with Gasteiger partial charge in [-0.15, -0.1) is 0 Å². The highest BCUT2D eigenvalue weighted by Crippen LogP contribution is 2.60. The highest BCUT2D eigenvalue weighted by molar-refractivity contribution is 7.92. The average Bonchev–Trinajstić information content (AvgIpc) is 2.91. The summed E-state index contributed by atoms with van der Waals surface area (Å²) >= 11 is 6.20. The second-order valence-electron chi connectivity index (χ2n) is 13.5. The van der Waals surface area contributed by atoms with E-state index in [2.05, 4.69) is 17.4 Å². The van der Waals surface area contributed by atoms with Crippen LogP contribution in [0.1, 0.15) is 70.4 Å². The molecule has 7 nitrogen and oxygen atoms in total. The molecule has 2 aromatic rings. The van der Waals surface area contributed by atoms with E-state index in [4.69, 9.17) is 11.6 Å². The molecule has 0 aliphatic heterocycles. The molecule has 4 aliphatic carbocycles. The van der Waals surface area contributed by atoms with Crippen LogP contribution in [0.3, 0.4) is 0 Å². The number of rotatable bonds is 11. The zero-order valence-electron chi connectivity index (χ0n) is 25.2. The first-order valence-electron chi connectivity index (χ1n) is 15.2. The van der Waals surface area contributed by atoms with E-state index in [1.54, 1.807) is 25.1 Å². The summed E-state index contributed by atoms with van der Waals surface area (Å²) in [6.45, 7) is 5.86. The molecule has 6 rings (SSSR count). The van der Waals surface area contributed by atoms with E-state index in [0.717, 1.165) is 33.9 Å². The van der Waals surface area contributed by atoms with Gasteiger partial charge in [-0.1, -0.05) is 49.7 Å². The Labute approximate surface area is 256 Å². The molecule has 1 unspecified atom stereocenters. The summed E-state index contributed by atoms with van der Waals surface area (Å²) in [5.41, 5.74) is 2.71. The third-order valence-corrected chi connectivity index (χ3v) is 11.0. The number of halogens is 1.